The molecule has 0 aromatic heterocycles. The Hall–Kier alpha value is -2.18. The van der Waals surface area contributed by atoms with Crippen LogP contribution in [0.5, 0.6) is 0 Å². The average molecular weight is 330 g/mol. The molecule has 0 saturated carbocycles. The monoisotopic (exact) mass is 330 g/mol. The average Bonchev–Trinajstić information content (AvgIpc) is 2.50. The number of anilines is 2. The third-order valence-corrected chi connectivity index (χ3v) is 3.32. The van der Waals surface area contributed by atoms with Crippen molar-refractivity contribution in [3.63, 3.8) is 0 Å². The van der Waals surface area contributed by atoms with E-state index >= 15 is 0 Å². The maximum Gasteiger partial charge on any atom is 0.189 e. The van der Waals surface area contributed by atoms with Crippen LogP contribution in [0.1, 0.15) is 11.1 Å². The smallest absolute Gasteiger partial charge is 0.189 e. The summed E-state index contributed by atoms with van der Waals surface area (Å²) in [6, 6.07) is 15.9. The number of hydrazine groups is 1. The predicted octanol–water partition coefficient (Wildman–Crippen LogP) is 3.49. The van der Waals surface area contributed by atoms with Crippen LogP contribution in [-0.2, 0) is 0 Å². The van der Waals surface area contributed by atoms with E-state index < -0.39 is 0 Å². The van der Waals surface area contributed by atoms with E-state index in [1.54, 1.807) is 0 Å². The van der Waals surface area contributed by atoms with Crippen LogP contribution >= 0.6 is 24.4 Å². The molecule has 0 bridgehead atoms. The molecule has 0 saturated heterocycles. The summed E-state index contributed by atoms with van der Waals surface area (Å²) in [4.78, 5) is 0. The summed E-state index contributed by atoms with van der Waals surface area (Å²) in [7, 11) is 0. The van der Waals surface area contributed by atoms with Crippen LogP contribution in [0.4, 0.5) is 11.4 Å². The van der Waals surface area contributed by atoms with Gasteiger partial charge in [0.2, 0.25) is 0 Å². The lowest BCUT2D eigenvalue weighted by Crippen LogP contribution is -2.45. The highest BCUT2D eigenvalue weighted by Crippen LogP contribution is 2.09. The second kappa shape index (κ2) is 7.72. The van der Waals surface area contributed by atoms with Gasteiger partial charge in [0.25, 0.3) is 0 Å². The lowest BCUT2D eigenvalue weighted by atomic mass is 10.2. The first-order valence-corrected chi connectivity index (χ1v) is 7.62. The van der Waals surface area contributed by atoms with E-state index in [4.69, 9.17) is 24.4 Å². The van der Waals surface area contributed by atoms with Gasteiger partial charge in [-0.1, -0.05) is 35.4 Å². The SMILES string of the molecule is Cc1ccc(NC(=S)NNC(=S)Nc2ccc(C)cc2)cc1. The quantitative estimate of drug-likeness (QED) is 0.499. The summed E-state index contributed by atoms with van der Waals surface area (Å²) in [6.45, 7) is 4.08. The fourth-order valence-electron chi connectivity index (χ4n) is 1.71. The fourth-order valence-corrected chi connectivity index (χ4v) is 2.05. The standard InChI is InChI=1S/C16H18N4S2/c1-11-3-7-13(8-4-11)17-15(21)19-20-16(22)18-14-9-5-12(2)6-10-14/h3-10H,1-2H3,(H2,17,19,21)(H2,18,20,22). The second-order valence-corrected chi connectivity index (χ2v) is 5.71. The van der Waals surface area contributed by atoms with Crippen molar-refractivity contribution in [3.05, 3.63) is 59.7 Å². The first-order valence-electron chi connectivity index (χ1n) is 6.80. The summed E-state index contributed by atoms with van der Waals surface area (Å²) >= 11 is 10.4. The van der Waals surface area contributed by atoms with Crippen LogP contribution in [0.2, 0.25) is 0 Å². The van der Waals surface area contributed by atoms with Crippen LogP contribution in [0.3, 0.4) is 0 Å². The van der Waals surface area contributed by atoms with Crippen molar-refractivity contribution < 1.29 is 0 Å². The molecule has 0 heterocycles. The molecule has 0 fully saturated rings. The molecule has 0 atom stereocenters. The molecule has 2 rings (SSSR count). The molecular weight excluding hydrogens is 312 g/mol. The van der Waals surface area contributed by atoms with Crippen molar-refractivity contribution in [1.82, 2.24) is 10.9 Å². The molecule has 0 spiro atoms. The lowest BCUT2D eigenvalue weighted by Gasteiger charge is -2.14. The third kappa shape index (κ3) is 5.31. The number of hydrogen-bond donors (Lipinski definition) is 4. The number of rotatable bonds is 2. The van der Waals surface area contributed by atoms with Gasteiger partial charge in [0.1, 0.15) is 0 Å². The van der Waals surface area contributed by atoms with Crippen molar-refractivity contribution in [1.29, 1.82) is 0 Å². The zero-order chi connectivity index (χ0) is 15.9. The van der Waals surface area contributed by atoms with Crippen LogP contribution in [0, 0.1) is 13.8 Å². The highest BCUT2D eigenvalue weighted by molar-refractivity contribution is 7.81. The lowest BCUT2D eigenvalue weighted by molar-refractivity contribution is 0.885. The summed E-state index contributed by atoms with van der Waals surface area (Å²) in [5.74, 6) is 0. The van der Waals surface area contributed by atoms with Gasteiger partial charge in [-0.3, -0.25) is 10.9 Å². The van der Waals surface area contributed by atoms with Crippen LogP contribution in [-0.4, -0.2) is 10.2 Å². The van der Waals surface area contributed by atoms with Gasteiger partial charge in [-0.25, -0.2) is 0 Å². The van der Waals surface area contributed by atoms with Crippen LogP contribution in [0.15, 0.2) is 48.5 Å². The normalized spacial score (nSPS) is 9.73. The highest BCUT2D eigenvalue weighted by atomic mass is 32.1. The molecule has 4 N–H and O–H groups in total. The van der Waals surface area contributed by atoms with Gasteiger partial charge in [0.15, 0.2) is 10.2 Å². The molecule has 0 aliphatic carbocycles. The van der Waals surface area contributed by atoms with E-state index in [0.717, 1.165) is 11.4 Å². The zero-order valence-corrected chi connectivity index (χ0v) is 14.1. The van der Waals surface area contributed by atoms with Crippen LogP contribution in [0.25, 0.3) is 0 Å². The molecule has 6 heteroatoms. The maximum absolute atomic E-state index is 5.20. The third-order valence-electron chi connectivity index (χ3n) is 2.91. The maximum atomic E-state index is 5.20. The Morgan fingerprint density at radius 1 is 0.636 bits per heavy atom. The Labute approximate surface area is 141 Å². The summed E-state index contributed by atoms with van der Waals surface area (Å²) in [5.41, 5.74) is 9.93. The Morgan fingerprint density at radius 3 is 1.27 bits per heavy atom. The number of thiocarbonyl (C=S) groups is 2. The van der Waals surface area contributed by atoms with Crippen molar-refractivity contribution in [2.45, 2.75) is 13.8 Å². The van der Waals surface area contributed by atoms with Gasteiger partial charge in [-0.15, -0.1) is 0 Å². The topological polar surface area (TPSA) is 48.1 Å². The number of benzene rings is 2. The Morgan fingerprint density at radius 2 is 0.955 bits per heavy atom. The van der Waals surface area contributed by atoms with Crippen molar-refractivity contribution in [2.24, 2.45) is 0 Å². The fraction of sp³-hybridized carbons (Fsp3) is 0.125. The first-order chi connectivity index (χ1) is 10.5. The molecule has 2 aromatic rings. The minimum absolute atomic E-state index is 0.442. The number of hydrogen-bond acceptors (Lipinski definition) is 2. The van der Waals surface area contributed by atoms with Gasteiger partial charge in [0.05, 0.1) is 0 Å². The van der Waals surface area contributed by atoms with E-state index in [1.807, 2.05) is 62.4 Å². The molecule has 0 aliphatic rings. The molecule has 2 aromatic carbocycles. The molecule has 22 heavy (non-hydrogen) atoms. The molecule has 114 valence electrons. The number of nitrogens with one attached hydrogen (secondary N) is 4. The van der Waals surface area contributed by atoms with Crippen molar-refractivity contribution in [3.8, 4) is 0 Å². The molecule has 0 aliphatic heterocycles. The van der Waals surface area contributed by atoms with Gasteiger partial charge >= 0.3 is 0 Å². The predicted molar refractivity (Wildman–Crippen MR) is 101 cm³/mol. The van der Waals surface area contributed by atoms with E-state index in [2.05, 4.69) is 21.5 Å². The Bertz CT molecular complexity index is 591. The van der Waals surface area contributed by atoms with Crippen molar-refractivity contribution in [2.75, 3.05) is 10.6 Å². The van der Waals surface area contributed by atoms with E-state index in [0.29, 0.717) is 10.2 Å². The minimum atomic E-state index is 0.442. The molecule has 0 amide bonds. The Balaban J connectivity index is 1.76. The van der Waals surface area contributed by atoms with Gasteiger partial charge < -0.3 is 10.6 Å². The van der Waals surface area contributed by atoms with E-state index in [-0.39, 0.29) is 0 Å². The second-order valence-electron chi connectivity index (χ2n) is 4.89. The molecule has 0 unspecified atom stereocenters. The molecule has 4 nitrogen and oxygen atoms in total. The van der Waals surface area contributed by atoms with Gasteiger partial charge in [-0.2, -0.15) is 0 Å². The summed E-state index contributed by atoms with van der Waals surface area (Å²) in [5, 5.41) is 7.02. The zero-order valence-electron chi connectivity index (χ0n) is 12.4. The highest BCUT2D eigenvalue weighted by Gasteiger charge is 2.00. The van der Waals surface area contributed by atoms with Crippen molar-refractivity contribution >= 4 is 46.0 Å². The van der Waals surface area contributed by atoms with E-state index in [9.17, 15) is 0 Å². The molecule has 0 radical (unpaired) electrons. The van der Waals surface area contributed by atoms with Gasteiger partial charge in [0, 0.05) is 11.4 Å². The number of aryl methyl sites for hydroxylation is 2. The minimum Gasteiger partial charge on any atom is -0.331 e. The molecular formula is C16H18N4S2. The Kier molecular flexibility index (Phi) is 5.68. The first kappa shape index (κ1) is 16.2. The largest absolute Gasteiger partial charge is 0.331 e. The summed E-state index contributed by atoms with van der Waals surface area (Å²) < 4.78 is 0. The van der Waals surface area contributed by atoms with Gasteiger partial charge in [-0.05, 0) is 62.5 Å². The van der Waals surface area contributed by atoms with Crippen LogP contribution < -0.4 is 21.5 Å². The van der Waals surface area contributed by atoms with E-state index in [1.165, 1.54) is 11.1 Å². The summed E-state index contributed by atoms with van der Waals surface area (Å²) in [6.07, 6.45) is 0.